The van der Waals surface area contributed by atoms with Crippen molar-refractivity contribution in [1.29, 1.82) is 0 Å². The van der Waals surface area contributed by atoms with E-state index in [9.17, 15) is 8.42 Å². The maximum atomic E-state index is 12.2. The van der Waals surface area contributed by atoms with E-state index in [-0.39, 0.29) is 15.7 Å². The molecule has 19 heavy (non-hydrogen) atoms. The van der Waals surface area contributed by atoms with Crippen molar-refractivity contribution in [3.05, 3.63) is 50.6 Å². The molecule has 0 radical (unpaired) electrons. The summed E-state index contributed by atoms with van der Waals surface area (Å²) in [5.41, 5.74) is 0.219. The fourth-order valence-electron chi connectivity index (χ4n) is 1.33. The molecule has 8 heteroatoms. The molecule has 2 rings (SSSR count). The van der Waals surface area contributed by atoms with Gasteiger partial charge < -0.3 is 0 Å². The van der Waals surface area contributed by atoms with Gasteiger partial charge in [-0.1, -0.05) is 33.6 Å². The molecule has 0 amide bonds. The highest BCUT2D eigenvalue weighted by molar-refractivity contribution is 9.10. The van der Waals surface area contributed by atoms with Crippen LogP contribution in [-0.2, 0) is 10.0 Å². The zero-order valence-corrected chi connectivity index (χ0v) is 14.0. The first-order chi connectivity index (χ1) is 8.88. The minimum absolute atomic E-state index is 0.0850. The Morgan fingerprint density at radius 1 is 1.16 bits per heavy atom. The molecule has 1 N–H and O–H groups in total. The zero-order valence-electron chi connectivity index (χ0n) is 9.27. The fourth-order valence-corrected chi connectivity index (χ4v) is 3.52. The number of hydrogen-bond donors (Lipinski definition) is 1. The van der Waals surface area contributed by atoms with Gasteiger partial charge in [0.25, 0.3) is 10.0 Å². The van der Waals surface area contributed by atoms with E-state index < -0.39 is 10.0 Å². The number of rotatable bonds is 3. The third kappa shape index (κ3) is 3.68. The Hall–Kier alpha value is -0.630. The summed E-state index contributed by atoms with van der Waals surface area (Å²) in [6.07, 6.45) is 1.49. The standard InChI is InChI=1S/C11H7Br2ClN2O2S/c12-7-2-1-3-9(4-7)19(17,18)16-10-5-8(13)6-15-11(10)14/h1-6,16H. The Morgan fingerprint density at radius 3 is 2.58 bits per heavy atom. The summed E-state index contributed by atoms with van der Waals surface area (Å²) in [7, 11) is -3.70. The molecule has 1 heterocycles. The lowest BCUT2D eigenvalue weighted by Crippen LogP contribution is -2.13. The molecule has 0 aliphatic heterocycles. The topological polar surface area (TPSA) is 59.1 Å². The minimum atomic E-state index is -3.70. The Kier molecular flexibility index (Phi) is 4.50. The van der Waals surface area contributed by atoms with Gasteiger partial charge in [-0.25, -0.2) is 13.4 Å². The van der Waals surface area contributed by atoms with Crippen molar-refractivity contribution in [2.45, 2.75) is 4.90 Å². The predicted molar refractivity (Wildman–Crippen MR) is 81.9 cm³/mol. The van der Waals surface area contributed by atoms with Crippen LogP contribution < -0.4 is 4.72 Å². The van der Waals surface area contributed by atoms with Crippen LogP contribution in [0.2, 0.25) is 5.15 Å². The van der Waals surface area contributed by atoms with Crippen LogP contribution in [0.5, 0.6) is 0 Å². The number of sulfonamides is 1. The Morgan fingerprint density at radius 2 is 1.89 bits per heavy atom. The molecule has 0 atom stereocenters. The molecule has 0 saturated carbocycles. The number of benzene rings is 1. The van der Waals surface area contributed by atoms with E-state index in [0.29, 0.717) is 8.95 Å². The third-order valence-corrected chi connectivity index (χ3v) is 4.75. The van der Waals surface area contributed by atoms with Crippen molar-refractivity contribution in [2.75, 3.05) is 4.72 Å². The second kappa shape index (κ2) is 5.78. The molecule has 4 nitrogen and oxygen atoms in total. The molecule has 0 saturated heterocycles. The molecular weight excluding hydrogens is 419 g/mol. The summed E-state index contributed by atoms with van der Waals surface area (Å²) >= 11 is 12.3. The molecule has 100 valence electrons. The van der Waals surface area contributed by atoms with Gasteiger partial charge in [-0.3, -0.25) is 4.72 Å². The van der Waals surface area contributed by atoms with Gasteiger partial charge in [0.2, 0.25) is 0 Å². The molecule has 1 aromatic heterocycles. The fraction of sp³-hybridized carbons (Fsp3) is 0. The van der Waals surface area contributed by atoms with Gasteiger partial charge in [0.15, 0.2) is 5.15 Å². The van der Waals surface area contributed by atoms with Crippen LogP contribution >= 0.6 is 43.5 Å². The van der Waals surface area contributed by atoms with Crippen LogP contribution in [0.3, 0.4) is 0 Å². The SMILES string of the molecule is O=S(=O)(Nc1cc(Br)cnc1Cl)c1cccc(Br)c1. The maximum Gasteiger partial charge on any atom is 0.262 e. The van der Waals surface area contributed by atoms with Gasteiger partial charge in [0.1, 0.15) is 0 Å². The number of aromatic nitrogens is 1. The maximum absolute atomic E-state index is 12.2. The predicted octanol–water partition coefficient (Wildman–Crippen LogP) is 4.06. The average molecular weight is 427 g/mol. The van der Waals surface area contributed by atoms with E-state index in [1.54, 1.807) is 18.2 Å². The normalized spacial score (nSPS) is 11.3. The van der Waals surface area contributed by atoms with Crippen LogP contribution in [-0.4, -0.2) is 13.4 Å². The number of pyridine rings is 1. The van der Waals surface area contributed by atoms with E-state index in [1.807, 2.05) is 0 Å². The molecule has 0 unspecified atom stereocenters. The van der Waals surface area contributed by atoms with Crippen LogP contribution in [0.25, 0.3) is 0 Å². The first-order valence-electron chi connectivity index (χ1n) is 4.98. The number of hydrogen-bond acceptors (Lipinski definition) is 3. The molecule has 0 aliphatic carbocycles. The van der Waals surface area contributed by atoms with E-state index >= 15 is 0 Å². The molecule has 1 aromatic carbocycles. The van der Waals surface area contributed by atoms with Crippen LogP contribution in [0.1, 0.15) is 0 Å². The summed E-state index contributed by atoms with van der Waals surface area (Å²) in [6, 6.07) is 7.92. The number of nitrogens with zero attached hydrogens (tertiary/aromatic N) is 1. The molecule has 2 aromatic rings. The summed E-state index contributed by atoms with van der Waals surface area (Å²) in [6.45, 7) is 0. The molecule has 0 bridgehead atoms. The van der Waals surface area contributed by atoms with Crippen LogP contribution in [0.15, 0.2) is 50.4 Å². The van der Waals surface area contributed by atoms with Gasteiger partial charge in [-0.05, 0) is 40.2 Å². The monoisotopic (exact) mass is 424 g/mol. The Labute approximate surface area is 132 Å². The summed E-state index contributed by atoms with van der Waals surface area (Å²) in [5.74, 6) is 0. The van der Waals surface area contributed by atoms with Gasteiger partial charge in [-0.2, -0.15) is 0 Å². The van der Waals surface area contributed by atoms with Gasteiger partial charge in [0.05, 0.1) is 10.6 Å². The quantitative estimate of drug-likeness (QED) is 0.753. The lowest BCUT2D eigenvalue weighted by Gasteiger charge is -2.09. The highest BCUT2D eigenvalue weighted by Crippen LogP contribution is 2.26. The minimum Gasteiger partial charge on any atom is -0.276 e. The lowest BCUT2D eigenvalue weighted by molar-refractivity contribution is 0.601. The van der Waals surface area contributed by atoms with E-state index in [2.05, 4.69) is 41.6 Å². The molecule has 0 spiro atoms. The molecule has 0 aliphatic rings. The zero-order chi connectivity index (χ0) is 14.0. The summed E-state index contributed by atoms with van der Waals surface area (Å²) < 4.78 is 28.1. The summed E-state index contributed by atoms with van der Waals surface area (Å²) in [4.78, 5) is 3.99. The second-order valence-electron chi connectivity index (χ2n) is 3.55. The van der Waals surface area contributed by atoms with Crippen LogP contribution in [0, 0.1) is 0 Å². The number of nitrogens with one attached hydrogen (secondary N) is 1. The number of anilines is 1. The Bertz CT molecular complexity index is 722. The van der Waals surface area contributed by atoms with Gasteiger partial charge in [-0.15, -0.1) is 0 Å². The van der Waals surface area contributed by atoms with Gasteiger partial charge >= 0.3 is 0 Å². The van der Waals surface area contributed by atoms with Gasteiger partial charge in [0, 0.05) is 15.1 Å². The highest BCUT2D eigenvalue weighted by Gasteiger charge is 2.16. The van der Waals surface area contributed by atoms with E-state index in [0.717, 1.165) is 0 Å². The summed E-state index contributed by atoms with van der Waals surface area (Å²) in [5, 5.41) is 0.0850. The Balaban J connectivity index is 2.39. The first-order valence-corrected chi connectivity index (χ1v) is 8.42. The van der Waals surface area contributed by atoms with Crippen molar-refractivity contribution < 1.29 is 8.42 Å². The molecular formula is C11H7Br2ClN2O2S. The lowest BCUT2D eigenvalue weighted by atomic mass is 10.4. The highest BCUT2D eigenvalue weighted by atomic mass is 79.9. The van der Waals surface area contributed by atoms with Crippen molar-refractivity contribution in [3.63, 3.8) is 0 Å². The third-order valence-electron chi connectivity index (χ3n) is 2.16. The van der Waals surface area contributed by atoms with Crippen LogP contribution in [0.4, 0.5) is 5.69 Å². The van der Waals surface area contributed by atoms with Crippen molar-refractivity contribution in [1.82, 2.24) is 4.98 Å². The average Bonchev–Trinajstić information content (AvgIpc) is 2.33. The second-order valence-corrected chi connectivity index (χ2v) is 7.43. The van der Waals surface area contributed by atoms with E-state index in [4.69, 9.17) is 11.6 Å². The van der Waals surface area contributed by atoms with Crippen molar-refractivity contribution >= 4 is 59.2 Å². The van der Waals surface area contributed by atoms with E-state index in [1.165, 1.54) is 18.3 Å². The largest absolute Gasteiger partial charge is 0.276 e. The van der Waals surface area contributed by atoms with Crippen molar-refractivity contribution in [3.8, 4) is 0 Å². The molecule has 0 fully saturated rings. The smallest absolute Gasteiger partial charge is 0.262 e. The van der Waals surface area contributed by atoms with Crippen molar-refractivity contribution in [2.24, 2.45) is 0 Å². The number of halogens is 3. The first kappa shape index (κ1) is 14.8.